The van der Waals surface area contributed by atoms with E-state index < -0.39 is 10.2 Å². The zero-order valence-electron chi connectivity index (χ0n) is 15.8. The van der Waals surface area contributed by atoms with Crippen LogP contribution in [0.25, 0.3) is 0 Å². The maximum Gasteiger partial charge on any atom is 0.301 e. The highest BCUT2D eigenvalue weighted by Gasteiger charge is 2.39. The van der Waals surface area contributed by atoms with Crippen molar-refractivity contribution >= 4 is 15.9 Å². The van der Waals surface area contributed by atoms with E-state index in [1.807, 2.05) is 30.3 Å². The van der Waals surface area contributed by atoms with E-state index in [4.69, 9.17) is 0 Å². The Morgan fingerprint density at radius 3 is 2.68 bits per heavy atom. The van der Waals surface area contributed by atoms with Crippen LogP contribution in [0.1, 0.15) is 49.7 Å². The van der Waals surface area contributed by atoms with Crippen LogP contribution in [0.3, 0.4) is 0 Å². The first kappa shape index (κ1) is 19.0. The Morgan fingerprint density at radius 2 is 1.82 bits per heavy atom. The van der Waals surface area contributed by atoms with Gasteiger partial charge in [0.15, 0.2) is 0 Å². The fourth-order valence-electron chi connectivity index (χ4n) is 4.33. The van der Waals surface area contributed by atoms with Crippen LogP contribution < -0.4 is 4.72 Å². The van der Waals surface area contributed by atoms with E-state index in [0.717, 1.165) is 37.7 Å². The molecule has 0 spiro atoms. The van der Waals surface area contributed by atoms with Gasteiger partial charge in [-0.1, -0.05) is 36.8 Å². The van der Waals surface area contributed by atoms with Gasteiger partial charge in [-0.3, -0.25) is 9.71 Å². The Balaban J connectivity index is 1.58. The Bertz CT molecular complexity index is 978. The van der Waals surface area contributed by atoms with Crippen molar-refractivity contribution in [3.8, 4) is 11.8 Å². The van der Waals surface area contributed by atoms with E-state index in [-0.39, 0.29) is 6.04 Å². The summed E-state index contributed by atoms with van der Waals surface area (Å²) in [5.74, 6) is 6.63. The second-order valence-electron chi connectivity index (χ2n) is 7.51. The smallest absolute Gasteiger partial charge is 0.270 e. The van der Waals surface area contributed by atoms with Crippen LogP contribution in [0.4, 0.5) is 5.69 Å². The predicted molar refractivity (Wildman–Crippen MR) is 111 cm³/mol. The van der Waals surface area contributed by atoms with Crippen LogP contribution in [0.15, 0.2) is 48.8 Å². The molecular weight excluding hydrogens is 370 g/mol. The van der Waals surface area contributed by atoms with E-state index in [9.17, 15) is 8.42 Å². The van der Waals surface area contributed by atoms with Gasteiger partial charge in [0.05, 0.1) is 5.69 Å². The first-order valence-corrected chi connectivity index (χ1v) is 11.4. The number of hydrogen-bond acceptors (Lipinski definition) is 3. The van der Waals surface area contributed by atoms with Crippen LogP contribution in [0.2, 0.25) is 0 Å². The van der Waals surface area contributed by atoms with Crippen molar-refractivity contribution in [2.45, 2.75) is 44.6 Å². The SMILES string of the molecule is O=S(=O)(Nc1ccccc1C#Cc1cccnc1)N1CCC[C@H]2CCCC[C@@H]21. The average Bonchev–Trinajstić information content (AvgIpc) is 2.73. The number of para-hydroxylation sites is 1. The van der Waals surface area contributed by atoms with Crippen LogP contribution >= 0.6 is 0 Å². The molecule has 146 valence electrons. The molecule has 0 radical (unpaired) electrons. The van der Waals surface area contributed by atoms with Gasteiger partial charge in [-0.2, -0.15) is 12.7 Å². The summed E-state index contributed by atoms with van der Waals surface area (Å²) in [5.41, 5.74) is 1.98. The second-order valence-corrected chi connectivity index (χ2v) is 9.13. The highest BCUT2D eigenvalue weighted by Crippen LogP contribution is 2.37. The van der Waals surface area contributed by atoms with Crippen molar-refractivity contribution in [3.63, 3.8) is 0 Å². The molecule has 1 saturated heterocycles. The lowest BCUT2D eigenvalue weighted by atomic mass is 9.79. The van der Waals surface area contributed by atoms with E-state index >= 15 is 0 Å². The monoisotopic (exact) mass is 395 g/mol. The van der Waals surface area contributed by atoms with Crippen molar-refractivity contribution in [3.05, 3.63) is 59.9 Å². The summed E-state index contributed by atoms with van der Waals surface area (Å²) < 4.78 is 30.9. The normalized spacial score (nSPS) is 22.6. The fourth-order valence-corrected chi connectivity index (χ4v) is 5.91. The number of aromatic nitrogens is 1. The molecule has 0 unspecified atom stereocenters. The van der Waals surface area contributed by atoms with E-state index in [1.54, 1.807) is 22.8 Å². The zero-order valence-corrected chi connectivity index (χ0v) is 16.7. The first-order valence-electron chi connectivity index (χ1n) is 9.94. The van der Waals surface area contributed by atoms with Crippen LogP contribution in [-0.2, 0) is 10.2 Å². The molecular formula is C22H25N3O2S. The van der Waals surface area contributed by atoms with Gasteiger partial charge in [-0.25, -0.2) is 0 Å². The quantitative estimate of drug-likeness (QED) is 0.804. The molecule has 2 aromatic rings. The molecule has 1 aliphatic heterocycles. The molecule has 1 aliphatic carbocycles. The third kappa shape index (κ3) is 4.21. The summed E-state index contributed by atoms with van der Waals surface area (Å²) in [6, 6.07) is 11.1. The third-order valence-corrected chi connectivity index (χ3v) is 7.22. The molecule has 2 heterocycles. The Hall–Kier alpha value is -2.36. The van der Waals surface area contributed by atoms with Gasteiger partial charge in [0.25, 0.3) is 0 Å². The molecule has 0 amide bonds. The number of rotatable bonds is 3. The molecule has 1 aromatic heterocycles. The first-order chi connectivity index (χ1) is 13.6. The highest BCUT2D eigenvalue weighted by atomic mass is 32.2. The number of nitrogens with zero attached hydrogens (tertiary/aromatic N) is 2. The number of fused-ring (bicyclic) bond motifs is 1. The fraction of sp³-hybridized carbons (Fsp3) is 0.409. The largest absolute Gasteiger partial charge is 0.301 e. The van der Waals surface area contributed by atoms with Crippen molar-refractivity contribution < 1.29 is 8.42 Å². The standard InChI is InChI=1S/C22H25N3O2S/c26-28(27,25-16-6-10-20-9-2-4-12-22(20)25)24-21-11-3-1-8-19(21)14-13-18-7-5-15-23-17-18/h1,3,5,7-8,11,15,17,20,22,24H,2,4,6,9-10,12,16H2/t20-,22+/m1/s1. The molecule has 6 heteroatoms. The maximum atomic E-state index is 13.2. The topological polar surface area (TPSA) is 62.3 Å². The number of anilines is 1. The molecule has 28 heavy (non-hydrogen) atoms. The summed E-state index contributed by atoms with van der Waals surface area (Å²) in [4.78, 5) is 4.06. The molecule has 5 nitrogen and oxygen atoms in total. The van der Waals surface area contributed by atoms with Gasteiger partial charge in [0.1, 0.15) is 0 Å². The van der Waals surface area contributed by atoms with Gasteiger partial charge in [-0.05, 0) is 55.9 Å². The Kier molecular flexibility index (Phi) is 5.65. The zero-order chi connectivity index (χ0) is 19.4. The number of hydrogen-bond donors (Lipinski definition) is 1. The van der Waals surface area contributed by atoms with Crippen LogP contribution in [0.5, 0.6) is 0 Å². The molecule has 4 rings (SSSR count). The predicted octanol–water partition coefficient (Wildman–Crippen LogP) is 3.79. The Morgan fingerprint density at radius 1 is 1.00 bits per heavy atom. The average molecular weight is 396 g/mol. The minimum absolute atomic E-state index is 0.133. The lowest BCUT2D eigenvalue weighted by Crippen LogP contribution is -2.51. The minimum Gasteiger partial charge on any atom is -0.270 e. The van der Waals surface area contributed by atoms with Crippen LogP contribution in [0, 0.1) is 17.8 Å². The van der Waals surface area contributed by atoms with Gasteiger partial charge in [-0.15, -0.1) is 0 Å². The van der Waals surface area contributed by atoms with Gasteiger partial charge < -0.3 is 0 Å². The number of benzene rings is 1. The molecule has 1 saturated carbocycles. The molecule has 2 atom stereocenters. The molecule has 0 bridgehead atoms. The van der Waals surface area contributed by atoms with Gasteiger partial charge in [0.2, 0.25) is 0 Å². The number of nitrogens with one attached hydrogen (secondary N) is 1. The minimum atomic E-state index is -3.61. The number of piperidine rings is 1. The van der Waals surface area contributed by atoms with Crippen molar-refractivity contribution in [1.82, 2.24) is 9.29 Å². The molecule has 2 fully saturated rings. The maximum absolute atomic E-state index is 13.2. The summed E-state index contributed by atoms with van der Waals surface area (Å²) in [6.07, 6.45) is 9.91. The molecule has 1 N–H and O–H groups in total. The van der Waals surface area contributed by atoms with Gasteiger partial charge in [0, 0.05) is 36.1 Å². The third-order valence-electron chi connectivity index (χ3n) is 5.67. The van der Waals surface area contributed by atoms with Crippen molar-refractivity contribution in [2.75, 3.05) is 11.3 Å². The van der Waals surface area contributed by atoms with Crippen LogP contribution in [-0.4, -0.2) is 30.3 Å². The summed E-state index contributed by atoms with van der Waals surface area (Å²) in [5, 5.41) is 0. The van der Waals surface area contributed by atoms with Crippen molar-refractivity contribution in [1.29, 1.82) is 0 Å². The van der Waals surface area contributed by atoms with E-state index in [1.165, 1.54) is 6.42 Å². The highest BCUT2D eigenvalue weighted by molar-refractivity contribution is 7.90. The van der Waals surface area contributed by atoms with Crippen molar-refractivity contribution in [2.24, 2.45) is 5.92 Å². The van der Waals surface area contributed by atoms with Gasteiger partial charge >= 0.3 is 10.2 Å². The van der Waals surface area contributed by atoms with E-state index in [0.29, 0.717) is 23.7 Å². The molecule has 2 aliphatic rings. The molecule has 1 aromatic carbocycles. The lowest BCUT2D eigenvalue weighted by Gasteiger charge is -2.43. The Labute approximate surface area is 167 Å². The number of pyridine rings is 1. The lowest BCUT2D eigenvalue weighted by molar-refractivity contribution is 0.129. The van der Waals surface area contributed by atoms with E-state index in [2.05, 4.69) is 21.5 Å². The summed E-state index contributed by atoms with van der Waals surface area (Å²) in [7, 11) is -3.61. The summed E-state index contributed by atoms with van der Waals surface area (Å²) in [6.45, 7) is 0.597. The summed E-state index contributed by atoms with van der Waals surface area (Å²) >= 11 is 0. The second kappa shape index (κ2) is 8.34.